The van der Waals surface area contributed by atoms with Gasteiger partial charge in [0.1, 0.15) is 12.1 Å². The van der Waals surface area contributed by atoms with E-state index in [4.69, 9.17) is 10.5 Å². The summed E-state index contributed by atoms with van der Waals surface area (Å²) < 4.78 is 5.59. The molecule has 1 aromatic heterocycles. The number of hydrogen-bond acceptors (Lipinski definition) is 5. The Hall–Kier alpha value is -2.14. The van der Waals surface area contributed by atoms with Crippen molar-refractivity contribution in [1.82, 2.24) is 9.97 Å². The number of anilines is 2. The van der Waals surface area contributed by atoms with Gasteiger partial charge in [-0.3, -0.25) is 0 Å². The van der Waals surface area contributed by atoms with Crippen molar-refractivity contribution in [2.24, 2.45) is 5.73 Å². The van der Waals surface area contributed by atoms with E-state index in [1.54, 1.807) is 0 Å². The predicted octanol–water partition coefficient (Wildman–Crippen LogP) is 2.49. The average molecular weight is 272 g/mol. The number of nitrogens with two attached hydrogens (primary N) is 1. The molecule has 2 aromatic rings. The highest BCUT2D eigenvalue weighted by atomic mass is 16.5. The van der Waals surface area contributed by atoms with Crippen molar-refractivity contribution in [3.63, 3.8) is 0 Å². The van der Waals surface area contributed by atoms with Crippen molar-refractivity contribution < 1.29 is 4.74 Å². The minimum absolute atomic E-state index is 0.0867. The van der Waals surface area contributed by atoms with E-state index >= 15 is 0 Å². The van der Waals surface area contributed by atoms with Crippen LogP contribution in [0.1, 0.15) is 19.4 Å². The normalized spacial score (nSPS) is 10.7. The van der Waals surface area contributed by atoms with Gasteiger partial charge in [0.15, 0.2) is 0 Å². The molecule has 0 atom stereocenters. The molecule has 0 aliphatic carbocycles. The van der Waals surface area contributed by atoms with Crippen molar-refractivity contribution in [3.8, 4) is 5.88 Å². The van der Waals surface area contributed by atoms with Crippen molar-refractivity contribution in [2.75, 3.05) is 11.9 Å². The summed E-state index contributed by atoms with van der Waals surface area (Å²) in [6, 6.07) is 9.88. The summed E-state index contributed by atoms with van der Waals surface area (Å²) in [4.78, 5) is 10.4. The number of rotatable bonds is 5. The molecule has 0 unspecified atom stereocenters. The van der Waals surface area contributed by atoms with Crippen LogP contribution < -0.4 is 15.4 Å². The second kappa shape index (κ2) is 6.34. The lowest BCUT2D eigenvalue weighted by molar-refractivity contribution is 0.232. The molecule has 0 amide bonds. The maximum atomic E-state index is 5.67. The van der Waals surface area contributed by atoms with Crippen molar-refractivity contribution in [3.05, 3.63) is 42.2 Å². The van der Waals surface area contributed by atoms with Gasteiger partial charge in [0, 0.05) is 25.3 Å². The molecule has 5 nitrogen and oxygen atoms in total. The van der Waals surface area contributed by atoms with Gasteiger partial charge < -0.3 is 15.4 Å². The first-order valence-corrected chi connectivity index (χ1v) is 6.61. The minimum Gasteiger partial charge on any atom is -0.475 e. The van der Waals surface area contributed by atoms with Crippen LogP contribution in [0.15, 0.2) is 36.7 Å². The molecule has 0 aliphatic rings. The molecular formula is C15H20N4O. The monoisotopic (exact) mass is 272 g/mol. The molecule has 106 valence electrons. The lowest BCUT2D eigenvalue weighted by Crippen LogP contribution is -2.13. The van der Waals surface area contributed by atoms with Crippen LogP contribution in [0.3, 0.4) is 0 Å². The second-order valence-electron chi connectivity index (χ2n) is 4.81. The number of ether oxygens (including phenoxy) is 1. The van der Waals surface area contributed by atoms with Crippen LogP contribution in [0.2, 0.25) is 0 Å². The molecule has 0 spiro atoms. The van der Waals surface area contributed by atoms with Crippen molar-refractivity contribution in [2.45, 2.75) is 26.5 Å². The third kappa shape index (κ3) is 3.45. The summed E-state index contributed by atoms with van der Waals surface area (Å²) in [7, 11) is 1.96. The van der Waals surface area contributed by atoms with E-state index in [0.717, 1.165) is 17.1 Å². The zero-order valence-electron chi connectivity index (χ0n) is 12.1. The summed E-state index contributed by atoms with van der Waals surface area (Å²) >= 11 is 0. The third-order valence-electron chi connectivity index (χ3n) is 2.86. The highest BCUT2D eigenvalue weighted by Crippen LogP contribution is 2.24. The van der Waals surface area contributed by atoms with Crippen LogP contribution >= 0.6 is 0 Å². The van der Waals surface area contributed by atoms with E-state index in [0.29, 0.717) is 12.4 Å². The summed E-state index contributed by atoms with van der Waals surface area (Å²) in [5.41, 5.74) is 7.79. The molecule has 1 aromatic carbocycles. The fourth-order valence-electron chi connectivity index (χ4n) is 1.84. The molecule has 0 bridgehead atoms. The Morgan fingerprint density at radius 2 is 2.05 bits per heavy atom. The summed E-state index contributed by atoms with van der Waals surface area (Å²) in [6.45, 7) is 4.46. The van der Waals surface area contributed by atoms with Crippen LogP contribution in [0.25, 0.3) is 0 Å². The molecule has 1 heterocycles. The van der Waals surface area contributed by atoms with E-state index in [-0.39, 0.29) is 6.10 Å². The summed E-state index contributed by atoms with van der Waals surface area (Å²) in [5, 5.41) is 0. The van der Waals surface area contributed by atoms with Gasteiger partial charge in [-0.2, -0.15) is 0 Å². The molecule has 0 radical (unpaired) electrons. The summed E-state index contributed by atoms with van der Waals surface area (Å²) in [5.74, 6) is 1.36. The van der Waals surface area contributed by atoms with Crippen LogP contribution in [0.5, 0.6) is 5.88 Å². The van der Waals surface area contributed by atoms with E-state index in [9.17, 15) is 0 Å². The third-order valence-corrected chi connectivity index (χ3v) is 2.86. The van der Waals surface area contributed by atoms with Crippen molar-refractivity contribution in [1.29, 1.82) is 0 Å². The molecule has 20 heavy (non-hydrogen) atoms. The first kappa shape index (κ1) is 14.3. The van der Waals surface area contributed by atoms with Gasteiger partial charge >= 0.3 is 0 Å². The number of nitrogens with zero attached hydrogens (tertiary/aromatic N) is 3. The predicted molar refractivity (Wildman–Crippen MR) is 80.2 cm³/mol. The molecule has 5 heteroatoms. The van der Waals surface area contributed by atoms with Crippen LogP contribution in [0, 0.1) is 0 Å². The molecule has 0 aliphatic heterocycles. The Morgan fingerprint density at radius 3 is 2.75 bits per heavy atom. The largest absolute Gasteiger partial charge is 0.475 e. The Morgan fingerprint density at radius 1 is 1.25 bits per heavy atom. The fraction of sp³-hybridized carbons (Fsp3) is 0.333. The van der Waals surface area contributed by atoms with Gasteiger partial charge in [-0.05, 0) is 31.5 Å². The van der Waals surface area contributed by atoms with Crippen LogP contribution in [-0.2, 0) is 6.54 Å². The molecule has 0 saturated heterocycles. The first-order valence-electron chi connectivity index (χ1n) is 6.61. The molecule has 0 saturated carbocycles. The van der Waals surface area contributed by atoms with E-state index in [1.807, 2.05) is 56.1 Å². The van der Waals surface area contributed by atoms with Crippen LogP contribution in [0.4, 0.5) is 11.5 Å². The van der Waals surface area contributed by atoms with Crippen LogP contribution in [-0.4, -0.2) is 23.1 Å². The first-order chi connectivity index (χ1) is 9.60. The van der Waals surface area contributed by atoms with Gasteiger partial charge in [-0.1, -0.05) is 12.1 Å². The number of aromatic nitrogens is 2. The molecule has 2 N–H and O–H groups in total. The van der Waals surface area contributed by atoms with Gasteiger partial charge in [-0.15, -0.1) is 0 Å². The zero-order chi connectivity index (χ0) is 14.5. The van der Waals surface area contributed by atoms with Gasteiger partial charge in [0.25, 0.3) is 0 Å². The topological polar surface area (TPSA) is 64.3 Å². The minimum atomic E-state index is 0.0867. The van der Waals surface area contributed by atoms with Gasteiger partial charge in [0.2, 0.25) is 5.88 Å². The number of hydrogen-bond donors (Lipinski definition) is 1. The maximum Gasteiger partial charge on any atom is 0.218 e. The fourth-order valence-corrected chi connectivity index (χ4v) is 1.84. The summed E-state index contributed by atoms with van der Waals surface area (Å²) in [6.07, 6.45) is 1.60. The van der Waals surface area contributed by atoms with Crippen molar-refractivity contribution >= 4 is 11.5 Å². The SMILES string of the molecule is CC(C)Oc1cc(N(C)c2cccc(CN)c2)ncn1. The van der Waals surface area contributed by atoms with E-state index < -0.39 is 0 Å². The highest BCUT2D eigenvalue weighted by molar-refractivity contribution is 5.60. The molecular weight excluding hydrogens is 252 g/mol. The van der Waals surface area contributed by atoms with Gasteiger partial charge in [0.05, 0.1) is 6.10 Å². The molecule has 0 fully saturated rings. The Bertz CT molecular complexity index is 571. The van der Waals surface area contributed by atoms with E-state index in [2.05, 4.69) is 9.97 Å². The number of benzene rings is 1. The maximum absolute atomic E-state index is 5.67. The Balaban J connectivity index is 2.25. The second-order valence-corrected chi connectivity index (χ2v) is 4.81. The zero-order valence-corrected chi connectivity index (χ0v) is 12.1. The quantitative estimate of drug-likeness (QED) is 0.906. The Labute approximate surface area is 119 Å². The standard InChI is InChI=1S/C15H20N4O/c1-11(2)20-15-8-14(17-10-18-15)19(3)13-6-4-5-12(7-13)9-16/h4-8,10-11H,9,16H2,1-3H3. The average Bonchev–Trinajstić information content (AvgIpc) is 2.46. The smallest absolute Gasteiger partial charge is 0.218 e. The van der Waals surface area contributed by atoms with Gasteiger partial charge in [-0.25, -0.2) is 9.97 Å². The Kier molecular flexibility index (Phi) is 4.53. The van der Waals surface area contributed by atoms with E-state index in [1.165, 1.54) is 6.33 Å². The highest BCUT2D eigenvalue weighted by Gasteiger charge is 2.08. The molecule has 2 rings (SSSR count). The lowest BCUT2D eigenvalue weighted by atomic mass is 10.2. The lowest BCUT2D eigenvalue weighted by Gasteiger charge is -2.19.